The van der Waals surface area contributed by atoms with E-state index in [9.17, 15) is 4.79 Å². The Hall–Kier alpha value is -2.20. The van der Waals surface area contributed by atoms with Crippen LogP contribution < -0.4 is 14.8 Å². The highest BCUT2D eigenvalue weighted by Crippen LogP contribution is 2.26. The van der Waals surface area contributed by atoms with Crippen molar-refractivity contribution in [3.8, 4) is 11.5 Å². The lowest BCUT2D eigenvalue weighted by Crippen LogP contribution is -2.30. The number of ether oxygens (including phenoxy) is 2. The number of amides is 1. The van der Waals surface area contributed by atoms with Crippen LogP contribution in [-0.2, 0) is 4.79 Å². The maximum Gasteiger partial charge on any atom is 0.265 e. The molecule has 0 fully saturated rings. The molecule has 2 aromatic rings. The molecule has 0 aliphatic rings. The highest BCUT2D eigenvalue weighted by Gasteiger charge is 2.16. The minimum atomic E-state index is -0.665. The number of benzene rings is 2. The Morgan fingerprint density at radius 3 is 2.50 bits per heavy atom. The molecule has 116 valence electrons. The average Bonchev–Trinajstić information content (AvgIpc) is 2.51. The summed E-state index contributed by atoms with van der Waals surface area (Å²) in [5.41, 5.74) is 1.69. The maximum absolute atomic E-state index is 12.2. The van der Waals surface area contributed by atoms with Crippen LogP contribution >= 0.6 is 11.6 Å². The number of aryl methyl sites for hydroxylation is 1. The van der Waals surface area contributed by atoms with Crippen molar-refractivity contribution in [3.63, 3.8) is 0 Å². The van der Waals surface area contributed by atoms with E-state index in [4.69, 9.17) is 21.1 Å². The van der Waals surface area contributed by atoms with Gasteiger partial charge in [-0.25, -0.2) is 0 Å². The van der Waals surface area contributed by atoms with Crippen LogP contribution in [0.15, 0.2) is 42.5 Å². The van der Waals surface area contributed by atoms with Crippen LogP contribution in [0.5, 0.6) is 11.5 Å². The van der Waals surface area contributed by atoms with Crippen molar-refractivity contribution >= 4 is 23.2 Å². The second-order valence-corrected chi connectivity index (χ2v) is 5.32. The summed E-state index contributed by atoms with van der Waals surface area (Å²) >= 11 is 6.07. The number of carbonyl (C=O) groups is 1. The van der Waals surface area contributed by atoms with Crippen LogP contribution in [0.1, 0.15) is 12.5 Å². The highest BCUT2D eigenvalue weighted by atomic mass is 35.5. The fourth-order valence-corrected chi connectivity index (χ4v) is 2.03. The second-order valence-electron chi connectivity index (χ2n) is 4.91. The third-order valence-corrected chi connectivity index (χ3v) is 3.43. The van der Waals surface area contributed by atoms with E-state index < -0.39 is 6.10 Å². The fraction of sp³-hybridized carbons (Fsp3) is 0.235. The Morgan fingerprint density at radius 2 is 1.86 bits per heavy atom. The van der Waals surface area contributed by atoms with Crippen molar-refractivity contribution in [2.75, 3.05) is 12.4 Å². The second kappa shape index (κ2) is 7.18. The lowest BCUT2D eigenvalue weighted by atomic mass is 10.2. The lowest BCUT2D eigenvalue weighted by Gasteiger charge is -2.16. The van der Waals surface area contributed by atoms with E-state index in [1.54, 1.807) is 50.4 Å². The SMILES string of the molecule is COc1ccc(NC(=O)C(C)Oc2cc(C)ccc2Cl)cc1. The molecule has 0 radical (unpaired) electrons. The largest absolute Gasteiger partial charge is 0.497 e. The zero-order valence-corrected chi connectivity index (χ0v) is 13.5. The molecule has 2 aromatic carbocycles. The zero-order valence-electron chi connectivity index (χ0n) is 12.7. The van der Waals surface area contributed by atoms with Crippen LogP contribution in [0.25, 0.3) is 0 Å². The third kappa shape index (κ3) is 4.15. The van der Waals surface area contributed by atoms with Crippen molar-refractivity contribution in [3.05, 3.63) is 53.1 Å². The first kappa shape index (κ1) is 16.2. The van der Waals surface area contributed by atoms with E-state index in [2.05, 4.69) is 5.32 Å². The van der Waals surface area contributed by atoms with Crippen LogP contribution in [-0.4, -0.2) is 19.1 Å². The van der Waals surface area contributed by atoms with Gasteiger partial charge in [0.05, 0.1) is 12.1 Å². The van der Waals surface area contributed by atoms with E-state index in [1.165, 1.54) is 0 Å². The standard InChI is InChI=1S/C17H18ClNO3/c1-11-4-9-15(18)16(10-11)22-12(2)17(20)19-13-5-7-14(21-3)8-6-13/h4-10,12H,1-3H3,(H,19,20). The van der Waals surface area contributed by atoms with Crippen molar-refractivity contribution < 1.29 is 14.3 Å². The van der Waals surface area contributed by atoms with Crippen molar-refractivity contribution in [2.24, 2.45) is 0 Å². The number of methoxy groups -OCH3 is 1. The Kier molecular flexibility index (Phi) is 5.28. The molecule has 0 aliphatic heterocycles. The average molecular weight is 320 g/mol. The number of halogens is 1. The normalized spacial score (nSPS) is 11.6. The molecule has 5 heteroatoms. The highest BCUT2D eigenvalue weighted by molar-refractivity contribution is 6.32. The minimum Gasteiger partial charge on any atom is -0.497 e. The molecule has 0 aliphatic carbocycles. The molecule has 0 bridgehead atoms. The third-order valence-electron chi connectivity index (χ3n) is 3.12. The number of nitrogens with one attached hydrogen (secondary N) is 1. The summed E-state index contributed by atoms with van der Waals surface area (Å²) in [7, 11) is 1.59. The maximum atomic E-state index is 12.2. The molecule has 0 heterocycles. The van der Waals surface area contributed by atoms with Gasteiger partial charge in [0, 0.05) is 5.69 Å². The predicted molar refractivity (Wildman–Crippen MR) is 87.9 cm³/mol. The summed E-state index contributed by atoms with van der Waals surface area (Å²) in [6.07, 6.45) is -0.665. The molecule has 1 N–H and O–H groups in total. The van der Waals surface area contributed by atoms with Crippen molar-refractivity contribution in [2.45, 2.75) is 20.0 Å². The van der Waals surface area contributed by atoms with Gasteiger partial charge in [0.1, 0.15) is 11.5 Å². The van der Waals surface area contributed by atoms with Gasteiger partial charge >= 0.3 is 0 Å². The summed E-state index contributed by atoms with van der Waals surface area (Å²) in [6.45, 7) is 3.61. The molecular formula is C17H18ClNO3. The molecule has 1 amide bonds. The number of carbonyl (C=O) groups excluding carboxylic acids is 1. The number of anilines is 1. The number of hydrogen-bond acceptors (Lipinski definition) is 3. The minimum absolute atomic E-state index is 0.247. The van der Waals surface area contributed by atoms with Gasteiger partial charge in [-0.3, -0.25) is 4.79 Å². The molecule has 0 spiro atoms. The summed E-state index contributed by atoms with van der Waals surface area (Å²) in [6, 6.07) is 12.5. The van der Waals surface area contributed by atoms with E-state index in [0.717, 1.165) is 11.3 Å². The molecule has 2 rings (SSSR count). The van der Waals surface area contributed by atoms with Gasteiger partial charge in [-0.15, -0.1) is 0 Å². The molecular weight excluding hydrogens is 302 g/mol. The van der Waals surface area contributed by atoms with Crippen molar-refractivity contribution in [1.29, 1.82) is 0 Å². The molecule has 1 unspecified atom stereocenters. The van der Waals surface area contributed by atoms with Crippen LogP contribution in [0.4, 0.5) is 5.69 Å². The van der Waals surface area contributed by atoms with Gasteiger partial charge < -0.3 is 14.8 Å². The Morgan fingerprint density at radius 1 is 1.18 bits per heavy atom. The summed E-state index contributed by atoms with van der Waals surface area (Å²) in [4.78, 5) is 12.2. The van der Waals surface area contributed by atoms with E-state index in [0.29, 0.717) is 16.5 Å². The van der Waals surface area contributed by atoms with Gasteiger partial charge in [0.25, 0.3) is 5.91 Å². The van der Waals surface area contributed by atoms with Gasteiger partial charge in [-0.1, -0.05) is 17.7 Å². The van der Waals surface area contributed by atoms with Gasteiger partial charge in [0.15, 0.2) is 6.10 Å². The van der Waals surface area contributed by atoms with Gasteiger partial charge in [0.2, 0.25) is 0 Å². The van der Waals surface area contributed by atoms with Gasteiger partial charge in [-0.05, 0) is 55.8 Å². The first-order chi connectivity index (χ1) is 10.5. The van der Waals surface area contributed by atoms with Crippen LogP contribution in [0.3, 0.4) is 0 Å². The zero-order chi connectivity index (χ0) is 16.1. The van der Waals surface area contributed by atoms with E-state index in [1.807, 2.05) is 13.0 Å². The topological polar surface area (TPSA) is 47.6 Å². The Balaban J connectivity index is 2.00. The molecule has 1 atom stereocenters. The van der Waals surface area contributed by atoms with Crippen molar-refractivity contribution in [1.82, 2.24) is 0 Å². The Bertz CT molecular complexity index is 655. The first-order valence-electron chi connectivity index (χ1n) is 6.87. The molecule has 0 aromatic heterocycles. The fourth-order valence-electron chi connectivity index (χ4n) is 1.86. The molecule has 0 saturated heterocycles. The Labute approximate surface area is 135 Å². The molecule has 22 heavy (non-hydrogen) atoms. The summed E-state index contributed by atoms with van der Waals surface area (Å²) in [5, 5.41) is 3.27. The lowest BCUT2D eigenvalue weighted by molar-refractivity contribution is -0.122. The molecule has 4 nitrogen and oxygen atoms in total. The first-order valence-corrected chi connectivity index (χ1v) is 7.25. The van der Waals surface area contributed by atoms with Gasteiger partial charge in [-0.2, -0.15) is 0 Å². The van der Waals surface area contributed by atoms with Crippen LogP contribution in [0.2, 0.25) is 5.02 Å². The van der Waals surface area contributed by atoms with E-state index >= 15 is 0 Å². The number of rotatable bonds is 5. The number of hydrogen-bond donors (Lipinski definition) is 1. The van der Waals surface area contributed by atoms with E-state index in [-0.39, 0.29) is 5.91 Å². The smallest absolute Gasteiger partial charge is 0.265 e. The summed E-state index contributed by atoms with van der Waals surface area (Å²) < 4.78 is 10.7. The quantitative estimate of drug-likeness (QED) is 0.904. The monoisotopic (exact) mass is 319 g/mol. The van der Waals surface area contributed by atoms with Crippen LogP contribution in [0, 0.1) is 6.92 Å². The summed E-state index contributed by atoms with van der Waals surface area (Å²) in [5.74, 6) is 0.982. The molecule has 0 saturated carbocycles. The predicted octanol–water partition coefficient (Wildman–Crippen LogP) is 4.06.